The molecule has 0 aromatic heterocycles. The lowest BCUT2D eigenvalue weighted by Gasteiger charge is -2.12. The quantitative estimate of drug-likeness (QED) is 0.136. The first kappa shape index (κ1) is 29.8. The first-order valence-corrected chi connectivity index (χ1v) is 14.5. The molecule has 0 bridgehead atoms. The van der Waals surface area contributed by atoms with Gasteiger partial charge < -0.3 is 19.1 Å². The Balaban J connectivity index is 1.38. The maximum atomic E-state index is 11.9. The molecule has 0 spiro atoms. The Morgan fingerprint density at radius 2 is 1.23 bits per heavy atom. The molecule has 2 rings (SSSR count). The fourth-order valence-corrected chi connectivity index (χ4v) is 4.44. The summed E-state index contributed by atoms with van der Waals surface area (Å²) in [5.74, 6) is 0.841. The molecule has 198 valence electrons. The van der Waals surface area contributed by atoms with Crippen LogP contribution in [0.5, 0.6) is 5.75 Å². The zero-order chi connectivity index (χ0) is 25.0. The summed E-state index contributed by atoms with van der Waals surface area (Å²) >= 11 is 0. The van der Waals surface area contributed by atoms with Gasteiger partial charge in [-0.25, -0.2) is 4.57 Å². The van der Waals surface area contributed by atoms with Gasteiger partial charge in [0, 0.05) is 5.39 Å². The van der Waals surface area contributed by atoms with E-state index in [1.807, 2.05) is 30.3 Å². The highest BCUT2D eigenvalue weighted by atomic mass is 31.2. The second-order valence-corrected chi connectivity index (χ2v) is 9.97. The molecule has 0 saturated carbocycles. The van der Waals surface area contributed by atoms with Gasteiger partial charge in [0.25, 0.3) is 0 Å². The molecule has 2 aromatic carbocycles. The number of fused-ring (bicyclic) bond motifs is 1. The van der Waals surface area contributed by atoms with Gasteiger partial charge in [0.1, 0.15) is 12.4 Å². The summed E-state index contributed by atoms with van der Waals surface area (Å²) in [6.07, 6.45) is 10.6. The minimum Gasteiger partial charge on any atom is -0.491 e. The number of phosphoric acid groups is 1. The molecule has 0 aliphatic rings. The van der Waals surface area contributed by atoms with Crippen molar-refractivity contribution < 1.29 is 32.7 Å². The smallest absolute Gasteiger partial charge is 0.472 e. The van der Waals surface area contributed by atoms with Crippen LogP contribution < -0.4 is 4.74 Å². The number of benzene rings is 2. The molecule has 1 unspecified atom stereocenters. The Morgan fingerprint density at radius 3 is 1.97 bits per heavy atom. The third-order valence-corrected chi connectivity index (χ3v) is 6.61. The molecule has 1 N–H and O–H groups in total. The Kier molecular flexibility index (Phi) is 15.9. The molecule has 0 amide bonds. The summed E-state index contributed by atoms with van der Waals surface area (Å²) in [6, 6.07) is 14.1. The lowest BCUT2D eigenvalue weighted by molar-refractivity contribution is 0.0225. The average molecular weight is 511 g/mol. The molecule has 0 fully saturated rings. The Hall–Kier alpha value is -1.47. The van der Waals surface area contributed by atoms with Crippen LogP contribution in [0.4, 0.5) is 0 Å². The van der Waals surface area contributed by atoms with Gasteiger partial charge in [0.15, 0.2) is 0 Å². The van der Waals surface area contributed by atoms with Gasteiger partial charge in [-0.2, -0.15) is 0 Å². The summed E-state index contributed by atoms with van der Waals surface area (Å²) in [4.78, 5) is 9.71. The number of hydrogen-bond acceptors (Lipinski definition) is 6. The first-order valence-electron chi connectivity index (χ1n) is 13.0. The van der Waals surface area contributed by atoms with Gasteiger partial charge in [0.05, 0.1) is 39.6 Å². The third-order valence-electron chi connectivity index (χ3n) is 5.59. The number of ether oxygens (including phenoxy) is 3. The van der Waals surface area contributed by atoms with Gasteiger partial charge in [-0.05, 0) is 17.9 Å². The van der Waals surface area contributed by atoms with Crippen molar-refractivity contribution >= 4 is 18.6 Å². The highest BCUT2D eigenvalue weighted by Crippen LogP contribution is 2.43. The molecular formula is C27H43O7P. The lowest BCUT2D eigenvalue weighted by Crippen LogP contribution is -2.12. The summed E-state index contributed by atoms with van der Waals surface area (Å²) in [5.41, 5.74) is 0. The van der Waals surface area contributed by atoms with E-state index >= 15 is 0 Å². The Bertz CT molecular complexity index is 840. The fraction of sp³-hybridized carbons (Fsp3) is 0.630. The van der Waals surface area contributed by atoms with E-state index in [9.17, 15) is 9.46 Å². The number of unbranched alkanes of at least 4 members (excludes halogenated alkanes) is 8. The average Bonchev–Trinajstić information content (AvgIpc) is 2.86. The molecule has 0 aliphatic heterocycles. The van der Waals surface area contributed by atoms with Crippen molar-refractivity contribution in [2.24, 2.45) is 0 Å². The molecule has 0 heterocycles. The number of hydrogen-bond donors (Lipinski definition) is 1. The summed E-state index contributed by atoms with van der Waals surface area (Å²) < 4.78 is 38.5. The molecule has 7 nitrogen and oxygen atoms in total. The van der Waals surface area contributed by atoms with Crippen molar-refractivity contribution in [2.75, 3.05) is 46.2 Å². The largest absolute Gasteiger partial charge is 0.491 e. The van der Waals surface area contributed by atoms with Crippen molar-refractivity contribution in [1.29, 1.82) is 0 Å². The number of rotatable bonds is 22. The van der Waals surface area contributed by atoms with Crippen molar-refractivity contribution in [3.63, 3.8) is 0 Å². The van der Waals surface area contributed by atoms with Crippen LogP contribution in [0.25, 0.3) is 10.8 Å². The predicted molar refractivity (Wildman–Crippen MR) is 140 cm³/mol. The van der Waals surface area contributed by atoms with Crippen molar-refractivity contribution in [2.45, 2.75) is 64.7 Å². The van der Waals surface area contributed by atoms with Crippen LogP contribution in [-0.2, 0) is 23.1 Å². The summed E-state index contributed by atoms with van der Waals surface area (Å²) in [5, 5.41) is 2.22. The van der Waals surface area contributed by atoms with Crippen molar-refractivity contribution in [1.82, 2.24) is 0 Å². The van der Waals surface area contributed by atoms with E-state index in [4.69, 9.17) is 23.3 Å². The van der Waals surface area contributed by atoms with Crippen LogP contribution in [0.2, 0.25) is 0 Å². The van der Waals surface area contributed by atoms with Gasteiger partial charge in [-0.15, -0.1) is 0 Å². The second kappa shape index (κ2) is 18.8. The Labute approximate surface area is 210 Å². The highest BCUT2D eigenvalue weighted by molar-refractivity contribution is 7.47. The van der Waals surface area contributed by atoms with Crippen LogP contribution in [0.3, 0.4) is 0 Å². The van der Waals surface area contributed by atoms with Crippen LogP contribution >= 0.6 is 7.82 Å². The standard InChI is InChI=1S/C27H43O7P/c1-2-3-4-5-6-7-8-9-12-18-33-35(28,29)34-24-22-31-20-19-30-21-23-32-27-17-13-15-25-14-10-11-16-26(25)27/h10-11,13-17H,2-9,12,18-24H2,1H3,(H,28,29). The maximum Gasteiger partial charge on any atom is 0.472 e. The van der Waals surface area contributed by atoms with Crippen molar-refractivity contribution in [3.8, 4) is 5.75 Å². The highest BCUT2D eigenvalue weighted by Gasteiger charge is 2.20. The van der Waals surface area contributed by atoms with E-state index in [-0.39, 0.29) is 19.8 Å². The van der Waals surface area contributed by atoms with Crippen LogP contribution in [0.15, 0.2) is 42.5 Å². The monoisotopic (exact) mass is 510 g/mol. The van der Waals surface area contributed by atoms with Crippen LogP contribution in [0, 0.1) is 0 Å². The van der Waals surface area contributed by atoms with Crippen molar-refractivity contribution in [3.05, 3.63) is 42.5 Å². The molecule has 2 aromatic rings. The summed E-state index contributed by atoms with van der Waals surface area (Å²) in [6.45, 7) is 4.32. The first-order chi connectivity index (χ1) is 17.1. The second-order valence-electron chi connectivity index (χ2n) is 8.51. The van der Waals surface area contributed by atoms with E-state index < -0.39 is 7.82 Å². The number of phosphoric ester groups is 1. The fourth-order valence-electron chi connectivity index (χ4n) is 3.70. The molecule has 0 radical (unpaired) electrons. The molecular weight excluding hydrogens is 467 g/mol. The van der Waals surface area contributed by atoms with Gasteiger partial charge in [-0.3, -0.25) is 9.05 Å². The minimum atomic E-state index is -4.01. The normalized spacial score (nSPS) is 13.2. The molecule has 8 heteroatoms. The zero-order valence-corrected chi connectivity index (χ0v) is 22.1. The van der Waals surface area contributed by atoms with Gasteiger partial charge in [0.2, 0.25) is 0 Å². The minimum absolute atomic E-state index is 0.00424. The molecule has 0 saturated heterocycles. The van der Waals surface area contributed by atoms with Crippen LogP contribution in [0.1, 0.15) is 64.7 Å². The zero-order valence-electron chi connectivity index (χ0n) is 21.2. The third kappa shape index (κ3) is 14.0. The molecule has 35 heavy (non-hydrogen) atoms. The van der Waals surface area contributed by atoms with Gasteiger partial charge >= 0.3 is 7.82 Å². The molecule has 1 atom stereocenters. The van der Waals surface area contributed by atoms with E-state index in [0.717, 1.165) is 35.8 Å². The SMILES string of the molecule is CCCCCCCCCCCOP(=O)(O)OCCOCCOCCOc1cccc2ccccc12. The van der Waals surface area contributed by atoms with Gasteiger partial charge in [-0.1, -0.05) is 94.7 Å². The van der Waals surface area contributed by atoms with E-state index in [1.165, 1.54) is 38.5 Å². The van der Waals surface area contributed by atoms with Crippen LogP contribution in [-0.4, -0.2) is 51.1 Å². The van der Waals surface area contributed by atoms with E-state index in [0.29, 0.717) is 26.4 Å². The summed E-state index contributed by atoms with van der Waals surface area (Å²) in [7, 11) is -4.01. The topological polar surface area (TPSA) is 83.5 Å². The molecule has 0 aliphatic carbocycles. The Morgan fingerprint density at radius 1 is 0.657 bits per heavy atom. The predicted octanol–water partition coefficient (Wildman–Crippen LogP) is 6.92. The van der Waals surface area contributed by atoms with E-state index in [1.54, 1.807) is 0 Å². The van der Waals surface area contributed by atoms with E-state index in [2.05, 4.69) is 19.1 Å². The maximum absolute atomic E-state index is 11.9. The lowest BCUT2D eigenvalue weighted by atomic mass is 10.1.